The average molecular weight is 381 g/mol. The molecule has 1 aliphatic heterocycles. The van der Waals surface area contributed by atoms with Crippen molar-refractivity contribution in [2.75, 3.05) is 7.05 Å². The number of hydrogen-bond donors (Lipinski definition) is 0. The zero-order chi connectivity index (χ0) is 20.1. The van der Waals surface area contributed by atoms with Crippen molar-refractivity contribution < 1.29 is 0 Å². The van der Waals surface area contributed by atoms with Crippen LogP contribution in [0.25, 0.3) is 6.08 Å². The van der Waals surface area contributed by atoms with Crippen LogP contribution in [0.3, 0.4) is 0 Å². The lowest BCUT2D eigenvalue weighted by Gasteiger charge is -2.38. The molecule has 2 rings (SSSR count). The van der Waals surface area contributed by atoms with Crippen molar-refractivity contribution in [2.45, 2.75) is 78.9 Å². The minimum atomic E-state index is -0.485. The molecule has 1 aliphatic rings. The van der Waals surface area contributed by atoms with Crippen molar-refractivity contribution in [1.29, 1.82) is 0 Å². The lowest BCUT2D eigenvalue weighted by Crippen LogP contribution is -2.29. The van der Waals surface area contributed by atoms with Gasteiger partial charge >= 0.3 is 0 Å². The molecule has 1 heterocycles. The Labute approximate surface area is 169 Å². The van der Waals surface area contributed by atoms with Crippen LogP contribution in [-0.2, 0) is 0 Å². The van der Waals surface area contributed by atoms with E-state index in [0.29, 0.717) is 6.04 Å². The van der Waals surface area contributed by atoms with Crippen LogP contribution in [0.15, 0.2) is 41.3 Å². The van der Waals surface area contributed by atoms with Gasteiger partial charge in [-0.1, -0.05) is 69.6 Å². The molecule has 0 aliphatic carbocycles. The fourth-order valence-corrected chi connectivity index (χ4v) is 5.89. The van der Waals surface area contributed by atoms with E-state index in [-0.39, 0.29) is 0 Å². The number of rotatable bonds is 8. The zero-order valence-corrected chi connectivity index (χ0v) is 19.6. The molecule has 1 atom stereocenters. The predicted molar refractivity (Wildman–Crippen MR) is 124 cm³/mol. The SMILES string of the molecule is C=Cc1c(C)cc(C)cc1C1C(C)=C(CCCCCC)C([Si](C)C)=CN1C. The van der Waals surface area contributed by atoms with Gasteiger partial charge in [0.1, 0.15) is 0 Å². The van der Waals surface area contributed by atoms with E-state index < -0.39 is 8.80 Å². The minimum Gasteiger partial charge on any atom is -0.370 e. The fourth-order valence-electron chi connectivity index (χ4n) is 4.50. The van der Waals surface area contributed by atoms with Gasteiger partial charge in [0.2, 0.25) is 0 Å². The molecule has 0 spiro atoms. The van der Waals surface area contributed by atoms with E-state index in [9.17, 15) is 0 Å². The first-order valence-electron chi connectivity index (χ1n) is 10.5. The lowest BCUT2D eigenvalue weighted by atomic mass is 9.85. The van der Waals surface area contributed by atoms with Gasteiger partial charge in [-0.3, -0.25) is 0 Å². The van der Waals surface area contributed by atoms with Crippen molar-refractivity contribution in [3.63, 3.8) is 0 Å². The Morgan fingerprint density at radius 2 is 1.81 bits per heavy atom. The Morgan fingerprint density at radius 1 is 1.11 bits per heavy atom. The van der Waals surface area contributed by atoms with E-state index in [1.807, 2.05) is 6.08 Å². The van der Waals surface area contributed by atoms with Crippen molar-refractivity contribution in [3.8, 4) is 0 Å². The fraction of sp³-hybridized carbons (Fsp3) is 0.520. The third-order valence-corrected chi connectivity index (χ3v) is 7.34. The second-order valence-electron chi connectivity index (χ2n) is 8.37. The minimum absolute atomic E-state index is 0.322. The smallest absolute Gasteiger partial charge is 0.0814 e. The number of unbranched alkanes of at least 4 members (excludes halogenated alkanes) is 3. The highest BCUT2D eigenvalue weighted by Gasteiger charge is 2.29. The van der Waals surface area contributed by atoms with Crippen molar-refractivity contribution in [2.24, 2.45) is 0 Å². The lowest BCUT2D eigenvalue weighted by molar-refractivity contribution is 0.366. The van der Waals surface area contributed by atoms with E-state index in [1.54, 1.807) is 16.3 Å². The van der Waals surface area contributed by atoms with E-state index in [0.717, 1.165) is 0 Å². The Bertz CT molecular complexity index is 739. The molecule has 0 amide bonds. The summed E-state index contributed by atoms with van der Waals surface area (Å²) >= 11 is 0. The van der Waals surface area contributed by atoms with E-state index in [1.165, 1.54) is 54.4 Å². The molecule has 0 N–H and O–H groups in total. The first kappa shape index (κ1) is 21.8. The maximum Gasteiger partial charge on any atom is 0.0814 e. The maximum absolute atomic E-state index is 4.11. The number of hydrogen-bond acceptors (Lipinski definition) is 1. The molecule has 1 unspecified atom stereocenters. The molecule has 1 aromatic carbocycles. The first-order valence-corrected chi connectivity index (χ1v) is 13.0. The van der Waals surface area contributed by atoms with Crippen molar-refractivity contribution >= 4 is 14.9 Å². The summed E-state index contributed by atoms with van der Waals surface area (Å²) in [4.78, 5) is 2.44. The summed E-state index contributed by atoms with van der Waals surface area (Å²) in [6.07, 6.45) is 11.0. The molecular formula is C25H38NSi. The van der Waals surface area contributed by atoms with Gasteiger partial charge in [-0.25, -0.2) is 0 Å². The Kier molecular flexibility index (Phi) is 7.73. The summed E-state index contributed by atoms with van der Waals surface area (Å²) in [5.41, 5.74) is 8.57. The first-order chi connectivity index (χ1) is 12.8. The standard InChI is InChI=1S/C25H38NSi/c1-9-11-12-13-14-22-20(5)25(26(6)17-24(22)27(7)8)23-16-18(3)15-19(4)21(23)10-2/h10,15-17,25H,2,9,11-14H2,1,3-8H3. The summed E-state index contributed by atoms with van der Waals surface area (Å²) < 4.78 is 0. The van der Waals surface area contributed by atoms with Gasteiger partial charge in [0.05, 0.1) is 14.8 Å². The predicted octanol–water partition coefficient (Wildman–Crippen LogP) is 7.40. The number of aryl methyl sites for hydroxylation is 2. The number of benzene rings is 1. The molecule has 2 heteroatoms. The third kappa shape index (κ3) is 4.84. The molecule has 147 valence electrons. The average Bonchev–Trinajstić information content (AvgIpc) is 2.59. The molecular weight excluding hydrogens is 342 g/mol. The quantitative estimate of drug-likeness (QED) is 0.335. The third-order valence-electron chi connectivity index (χ3n) is 5.83. The molecule has 1 nitrogen and oxygen atoms in total. The monoisotopic (exact) mass is 380 g/mol. The van der Waals surface area contributed by atoms with Gasteiger partial charge in [-0.15, -0.1) is 0 Å². The number of allylic oxidation sites excluding steroid dienone is 2. The Hall–Kier alpha value is -1.54. The van der Waals surface area contributed by atoms with Crippen LogP contribution in [0, 0.1) is 13.8 Å². The highest BCUT2D eigenvalue weighted by atomic mass is 28.3. The zero-order valence-electron chi connectivity index (χ0n) is 18.6. The number of likely N-dealkylation sites (N-methyl/N-ethyl adjacent to an activating group) is 1. The summed E-state index contributed by atoms with van der Waals surface area (Å²) in [6.45, 7) is 18.0. The summed E-state index contributed by atoms with van der Waals surface area (Å²) in [6, 6.07) is 4.96. The van der Waals surface area contributed by atoms with Crippen molar-refractivity contribution in [1.82, 2.24) is 4.90 Å². The molecule has 1 radical (unpaired) electrons. The highest BCUT2D eigenvalue weighted by Crippen LogP contribution is 2.41. The Morgan fingerprint density at radius 3 is 2.41 bits per heavy atom. The molecule has 0 saturated heterocycles. The molecule has 0 aromatic heterocycles. The normalized spacial score (nSPS) is 17.6. The van der Waals surface area contributed by atoms with Crippen LogP contribution >= 0.6 is 0 Å². The summed E-state index contributed by atoms with van der Waals surface area (Å²) in [5, 5.41) is 1.62. The molecule has 1 aromatic rings. The van der Waals surface area contributed by atoms with E-state index in [4.69, 9.17) is 0 Å². The van der Waals surface area contributed by atoms with Gasteiger partial charge in [0.15, 0.2) is 0 Å². The van der Waals surface area contributed by atoms with Crippen LogP contribution in [0.1, 0.15) is 74.2 Å². The molecule has 0 fully saturated rings. The van der Waals surface area contributed by atoms with Gasteiger partial charge in [-0.05, 0) is 72.8 Å². The maximum atomic E-state index is 4.11. The van der Waals surface area contributed by atoms with Crippen LogP contribution < -0.4 is 0 Å². The molecule has 0 bridgehead atoms. The molecule has 27 heavy (non-hydrogen) atoms. The highest BCUT2D eigenvalue weighted by molar-refractivity contribution is 6.65. The summed E-state index contributed by atoms with van der Waals surface area (Å²) in [7, 11) is 1.76. The van der Waals surface area contributed by atoms with E-state index >= 15 is 0 Å². The van der Waals surface area contributed by atoms with Crippen molar-refractivity contribution in [3.05, 3.63) is 63.5 Å². The van der Waals surface area contributed by atoms with Gasteiger partial charge in [0, 0.05) is 7.05 Å². The van der Waals surface area contributed by atoms with Crippen LogP contribution in [0.2, 0.25) is 13.1 Å². The Balaban J connectivity index is 2.51. The molecule has 0 saturated carbocycles. The van der Waals surface area contributed by atoms with Crippen LogP contribution in [-0.4, -0.2) is 20.7 Å². The second-order valence-corrected chi connectivity index (χ2v) is 10.9. The van der Waals surface area contributed by atoms with E-state index in [2.05, 4.69) is 77.6 Å². The second kappa shape index (κ2) is 9.59. The summed E-state index contributed by atoms with van der Waals surface area (Å²) in [5.74, 6) is 0. The van der Waals surface area contributed by atoms with Gasteiger partial charge in [0.25, 0.3) is 0 Å². The van der Waals surface area contributed by atoms with Gasteiger partial charge < -0.3 is 4.90 Å². The van der Waals surface area contributed by atoms with Crippen LogP contribution in [0.5, 0.6) is 0 Å². The largest absolute Gasteiger partial charge is 0.370 e. The van der Waals surface area contributed by atoms with Crippen LogP contribution in [0.4, 0.5) is 0 Å². The van der Waals surface area contributed by atoms with Gasteiger partial charge in [-0.2, -0.15) is 0 Å². The topological polar surface area (TPSA) is 3.24 Å². The number of nitrogens with zero attached hydrogens (tertiary/aromatic N) is 1.